The van der Waals surface area contributed by atoms with Crippen LogP contribution >= 0.6 is 15.9 Å². The number of benzene rings is 1. The third-order valence-corrected chi connectivity index (χ3v) is 2.89. The summed E-state index contributed by atoms with van der Waals surface area (Å²) in [5.74, 6) is -3.45. The van der Waals surface area contributed by atoms with Crippen LogP contribution in [0.2, 0.25) is 0 Å². The quantitative estimate of drug-likeness (QED) is 0.915. The number of carbonyl (C=O) groups is 1. The number of nitrogens with zero attached hydrogens (tertiary/aromatic N) is 1. The highest BCUT2D eigenvalue weighted by atomic mass is 79.9. The van der Waals surface area contributed by atoms with E-state index in [1.165, 1.54) is 6.20 Å². The Morgan fingerprint density at radius 1 is 1.21 bits per heavy atom. The molecular weight excluding hydrogens is 325 g/mol. The number of aromatic nitrogens is 1. The fraction of sp³-hybridized carbons (Fsp3) is 0. The first-order valence-corrected chi connectivity index (χ1v) is 5.83. The number of halogens is 4. The summed E-state index contributed by atoms with van der Waals surface area (Å²) in [5, 5.41) is 2.17. The van der Waals surface area contributed by atoms with Gasteiger partial charge in [0.2, 0.25) is 0 Å². The molecular formula is C12H6BrF3N2O. The molecule has 0 bridgehead atoms. The molecule has 1 heterocycles. The van der Waals surface area contributed by atoms with Crippen LogP contribution in [0.1, 0.15) is 10.4 Å². The van der Waals surface area contributed by atoms with E-state index in [1.54, 1.807) is 0 Å². The molecule has 1 N–H and O–H groups in total. The van der Waals surface area contributed by atoms with Crippen LogP contribution < -0.4 is 5.32 Å². The highest BCUT2D eigenvalue weighted by molar-refractivity contribution is 9.10. The number of pyridine rings is 1. The average Bonchev–Trinajstić information content (AvgIpc) is 2.34. The Balaban J connectivity index is 2.32. The van der Waals surface area contributed by atoms with E-state index in [4.69, 9.17) is 0 Å². The molecule has 0 aliphatic carbocycles. The van der Waals surface area contributed by atoms with E-state index in [1.807, 2.05) is 0 Å². The molecule has 0 saturated heterocycles. The van der Waals surface area contributed by atoms with Crippen LogP contribution in [0.4, 0.5) is 18.9 Å². The zero-order valence-electron chi connectivity index (χ0n) is 9.25. The summed E-state index contributed by atoms with van der Waals surface area (Å²) >= 11 is 2.92. The Kier molecular flexibility index (Phi) is 3.84. The summed E-state index contributed by atoms with van der Waals surface area (Å²) in [6.07, 6.45) is 2.10. The van der Waals surface area contributed by atoms with Gasteiger partial charge >= 0.3 is 0 Å². The molecule has 1 amide bonds. The van der Waals surface area contributed by atoms with Crippen molar-refractivity contribution in [3.05, 3.63) is 58.1 Å². The number of hydrogen-bond donors (Lipinski definition) is 1. The van der Waals surface area contributed by atoms with Crippen molar-refractivity contribution in [2.45, 2.75) is 0 Å². The monoisotopic (exact) mass is 330 g/mol. The average molecular weight is 331 g/mol. The number of anilines is 1. The molecule has 3 nitrogen and oxygen atoms in total. The maximum Gasteiger partial charge on any atom is 0.258 e. The summed E-state index contributed by atoms with van der Waals surface area (Å²) < 4.78 is 39.7. The van der Waals surface area contributed by atoms with Crippen molar-refractivity contribution in [3.8, 4) is 0 Å². The highest BCUT2D eigenvalue weighted by Gasteiger charge is 2.16. The van der Waals surface area contributed by atoms with E-state index >= 15 is 0 Å². The van der Waals surface area contributed by atoms with Crippen molar-refractivity contribution in [2.75, 3.05) is 5.32 Å². The van der Waals surface area contributed by atoms with E-state index in [9.17, 15) is 18.0 Å². The van der Waals surface area contributed by atoms with Gasteiger partial charge < -0.3 is 5.32 Å². The molecule has 1 aromatic heterocycles. The van der Waals surface area contributed by atoms with Crippen LogP contribution in [-0.2, 0) is 0 Å². The predicted octanol–water partition coefficient (Wildman–Crippen LogP) is 3.51. The van der Waals surface area contributed by atoms with Crippen molar-refractivity contribution in [1.29, 1.82) is 0 Å². The maximum atomic E-state index is 13.5. The van der Waals surface area contributed by atoms with Crippen LogP contribution in [0, 0.1) is 17.5 Å². The zero-order chi connectivity index (χ0) is 14.0. The van der Waals surface area contributed by atoms with Gasteiger partial charge in [-0.15, -0.1) is 0 Å². The van der Waals surface area contributed by atoms with Crippen molar-refractivity contribution < 1.29 is 18.0 Å². The second kappa shape index (κ2) is 5.40. The molecule has 0 spiro atoms. The van der Waals surface area contributed by atoms with Crippen LogP contribution in [-0.4, -0.2) is 10.9 Å². The minimum absolute atomic E-state index is 0.0211. The van der Waals surface area contributed by atoms with Gasteiger partial charge in [-0.3, -0.25) is 9.78 Å². The van der Waals surface area contributed by atoms with E-state index in [-0.39, 0.29) is 15.7 Å². The normalized spacial score (nSPS) is 10.3. The Hall–Kier alpha value is -1.89. The second-order valence-electron chi connectivity index (χ2n) is 3.55. The topological polar surface area (TPSA) is 42.0 Å². The molecule has 0 fully saturated rings. The summed E-state index contributed by atoms with van der Waals surface area (Å²) in [5.41, 5.74) is -0.548. The Labute approximate surface area is 114 Å². The summed E-state index contributed by atoms with van der Waals surface area (Å²) in [6.45, 7) is 0. The molecule has 0 saturated carbocycles. The molecule has 0 aliphatic heterocycles. The lowest BCUT2D eigenvalue weighted by Gasteiger charge is -2.09. The van der Waals surface area contributed by atoms with Gasteiger partial charge in [0.05, 0.1) is 17.4 Å². The molecule has 1 aromatic carbocycles. The van der Waals surface area contributed by atoms with Crippen LogP contribution in [0.25, 0.3) is 0 Å². The zero-order valence-corrected chi connectivity index (χ0v) is 10.8. The Morgan fingerprint density at radius 2 is 1.95 bits per heavy atom. The minimum Gasteiger partial charge on any atom is -0.318 e. The molecule has 0 atom stereocenters. The second-order valence-corrected chi connectivity index (χ2v) is 4.41. The Morgan fingerprint density at radius 3 is 2.58 bits per heavy atom. The lowest BCUT2D eigenvalue weighted by Crippen LogP contribution is -2.15. The number of hydrogen-bond acceptors (Lipinski definition) is 2. The summed E-state index contributed by atoms with van der Waals surface area (Å²) in [6, 6.07) is 2.75. The summed E-state index contributed by atoms with van der Waals surface area (Å²) in [4.78, 5) is 15.3. The molecule has 0 radical (unpaired) electrons. The molecule has 0 unspecified atom stereocenters. The van der Waals surface area contributed by atoms with Gasteiger partial charge in [0.25, 0.3) is 5.91 Å². The predicted molar refractivity (Wildman–Crippen MR) is 66.2 cm³/mol. The number of nitrogens with one attached hydrogen (secondary N) is 1. The Bertz CT molecular complexity index is 626. The molecule has 2 rings (SSSR count). The first kappa shape index (κ1) is 13.5. The first-order valence-electron chi connectivity index (χ1n) is 5.04. The fourth-order valence-corrected chi connectivity index (χ4v) is 1.91. The van der Waals surface area contributed by atoms with Crippen molar-refractivity contribution in [2.24, 2.45) is 0 Å². The SMILES string of the molecule is O=C(Nc1c(F)cc(F)cc1Br)c1ccncc1F. The standard InChI is InChI=1S/C12H6BrF3N2O/c13-8-3-6(14)4-9(15)11(8)18-12(19)7-1-2-17-5-10(7)16/h1-5H,(H,18,19). The molecule has 98 valence electrons. The molecule has 7 heteroatoms. The smallest absolute Gasteiger partial charge is 0.258 e. The van der Waals surface area contributed by atoms with Gasteiger partial charge in [0.15, 0.2) is 11.6 Å². The number of rotatable bonds is 2. The van der Waals surface area contributed by atoms with Gasteiger partial charge in [-0.25, -0.2) is 13.2 Å². The number of carbonyl (C=O) groups excluding carboxylic acids is 1. The van der Waals surface area contributed by atoms with E-state index < -0.39 is 23.4 Å². The molecule has 19 heavy (non-hydrogen) atoms. The van der Waals surface area contributed by atoms with Crippen molar-refractivity contribution in [1.82, 2.24) is 4.98 Å². The van der Waals surface area contributed by atoms with Crippen LogP contribution in [0.15, 0.2) is 35.1 Å². The largest absolute Gasteiger partial charge is 0.318 e. The third kappa shape index (κ3) is 2.93. The van der Waals surface area contributed by atoms with Crippen molar-refractivity contribution >= 4 is 27.5 Å². The van der Waals surface area contributed by atoms with Gasteiger partial charge in [-0.2, -0.15) is 0 Å². The van der Waals surface area contributed by atoms with Gasteiger partial charge in [-0.05, 0) is 28.1 Å². The van der Waals surface area contributed by atoms with Gasteiger partial charge in [0.1, 0.15) is 5.82 Å². The first-order chi connectivity index (χ1) is 8.99. The number of amides is 1. The van der Waals surface area contributed by atoms with Crippen molar-refractivity contribution in [3.63, 3.8) is 0 Å². The van der Waals surface area contributed by atoms with E-state index in [0.29, 0.717) is 6.07 Å². The lowest BCUT2D eigenvalue weighted by atomic mass is 10.2. The van der Waals surface area contributed by atoms with Crippen LogP contribution in [0.3, 0.4) is 0 Å². The molecule has 2 aromatic rings. The minimum atomic E-state index is -0.963. The van der Waals surface area contributed by atoms with Gasteiger partial charge in [-0.1, -0.05) is 0 Å². The van der Waals surface area contributed by atoms with Crippen LogP contribution in [0.5, 0.6) is 0 Å². The van der Waals surface area contributed by atoms with E-state index in [0.717, 1.165) is 18.3 Å². The highest BCUT2D eigenvalue weighted by Crippen LogP contribution is 2.27. The van der Waals surface area contributed by atoms with Gasteiger partial charge in [0, 0.05) is 16.7 Å². The molecule has 0 aliphatic rings. The van der Waals surface area contributed by atoms with E-state index in [2.05, 4.69) is 26.2 Å². The fourth-order valence-electron chi connectivity index (χ4n) is 1.40. The summed E-state index contributed by atoms with van der Waals surface area (Å²) in [7, 11) is 0. The third-order valence-electron chi connectivity index (χ3n) is 2.26. The lowest BCUT2D eigenvalue weighted by molar-refractivity contribution is 0.102. The maximum absolute atomic E-state index is 13.5.